The summed E-state index contributed by atoms with van der Waals surface area (Å²) in [5.74, 6) is 2.17. The third kappa shape index (κ3) is 16.2. The molecule has 628 valence electrons. The van der Waals surface area contributed by atoms with Gasteiger partial charge in [0.1, 0.15) is 46.0 Å². The lowest BCUT2D eigenvalue weighted by molar-refractivity contribution is 0.312. The third-order valence-electron chi connectivity index (χ3n) is 22.1. The van der Waals surface area contributed by atoms with Crippen molar-refractivity contribution in [3.05, 3.63) is 303 Å². The molecular formula is C105H76N12O12. The fourth-order valence-electron chi connectivity index (χ4n) is 16.2. The molecule has 24 nitrogen and oxygen atoms in total. The fraction of sp³-hybridized carbons (Fsp3) is 0.0667. The van der Waals surface area contributed by atoms with Gasteiger partial charge in [0, 0.05) is 46.5 Å². The van der Waals surface area contributed by atoms with Crippen LogP contribution in [0.1, 0.15) is 20.8 Å². The molecule has 0 aliphatic rings. The zero-order valence-electron chi connectivity index (χ0n) is 69.6. The van der Waals surface area contributed by atoms with Gasteiger partial charge in [-0.3, -0.25) is 0 Å². The number of aromatic nitrogens is 12. The van der Waals surface area contributed by atoms with Crippen LogP contribution in [0.2, 0.25) is 0 Å². The lowest BCUT2D eigenvalue weighted by atomic mass is 9.92. The molecule has 0 amide bonds. The SMILES string of the molecule is CCOc1nc(-c2ccc(O)cc2O)nc(-c2c3ccccc3cc3ccccc23)n1.CCOc1nc(-c2ccc(O)cc2O)nc(-c2cc3c4ccccc4ccc3c3ccccc23)n1.CCOc1nc(-c2ccc3cc4ccccc4cc3c2)nc(-c2ccc(O)cc2O)n1.COc1nc(-c2ccc(O)cc2O)nc(-c2ccc3ccc4cccc5ccc2c3c45)n1. The quantitative estimate of drug-likeness (QED) is 0.0349. The molecule has 0 atom stereocenters. The topological polar surface area (TPSA) is 353 Å². The van der Waals surface area contributed by atoms with E-state index in [1.54, 1.807) is 24.3 Å². The van der Waals surface area contributed by atoms with Crippen LogP contribution in [-0.4, -0.2) is 128 Å². The van der Waals surface area contributed by atoms with Crippen LogP contribution in [0.5, 0.6) is 70.0 Å². The Morgan fingerprint density at radius 2 is 0.543 bits per heavy atom. The maximum Gasteiger partial charge on any atom is 0.320 e. The predicted molar refractivity (Wildman–Crippen MR) is 502 cm³/mol. The van der Waals surface area contributed by atoms with Gasteiger partial charge < -0.3 is 59.8 Å². The molecule has 0 bridgehead atoms. The second-order valence-corrected chi connectivity index (χ2v) is 30.1. The molecule has 24 heteroatoms. The van der Waals surface area contributed by atoms with Crippen LogP contribution >= 0.6 is 0 Å². The van der Waals surface area contributed by atoms with E-state index < -0.39 is 0 Å². The average molecular weight is 1700 g/mol. The lowest BCUT2D eigenvalue weighted by Crippen LogP contribution is -2.04. The molecule has 8 N–H and O–H groups in total. The molecule has 18 aromatic carbocycles. The molecule has 0 spiro atoms. The molecule has 0 saturated heterocycles. The van der Waals surface area contributed by atoms with Crippen molar-refractivity contribution in [2.45, 2.75) is 20.8 Å². The number of nitrogens with zero attached hydrogens (tertiary/aromatic N) is 12. The van der Waals surface area contributed by atoms with Crippen molar-refractivity contribution in [1.29, 1.82) is 0 Å². The van der Waals surface area contributed by atoms with Crippen molar-refractivity contribution in [2.75, 3.05) is 26.9 Å². The average Bonchev–Trinajstić information content (AvgIpc) is 0.760. The first-order valence-corrected chi connectivity index (χ1v) is 41.4. The molecule has 0 saturated carbocycles. The van der Waals surface area contributed by atoms with Crippen molar-refractivity contribution in [3.8, 4) is 161 Å². The van der Waals surface area contributed by atoms with Crippen molar-refractivity contribution in [1.82, 2.24) is 59.8 Å². The number of hydrogen-bond donors (Lipinski definition) is 8. The molecule has 4 heterocycles. The van der Waals surface area contributed by atoms with E-state index in [0.29, 0.717) is 65.4 Å². The number of phenols is 8. The maximum absolute atomic E-state index is 10.5. The van der Waals surface area contributed by atoms with Gasteiger partial charge in [-0.25, -0.2) is 19.9 Å². The highest BCUT2D eigenvalue weighted by Crippen LogP contribution is 2.45. The van der Waals surface area contributed by atoms with Crippen LogP contribution in [0.25, 0.3) is 199 Å². The summed E-state index contributed by atoms with van der Waals surface area (Å²) in [4.78, 5) is 54.3. The van der Waals surface area contributed by atoms with Crippen molar-refractivity contribution >= 4 is 108 Å². The molecule has 22 rings (SSSR count). The number of hydrogen-bond acceptors (Lipinski definition) is 24. The number of methoxy groups -OCH3 is 1. The minimum Gasteiger partial charge on any atom is -0.508 e. The van der Waals surface area contributed by atoms with Gasteiger partial charge in [0.2, 0.25) is 0 Å². The zero-order chi connectivity index (χ0) is 88.5. The lowest BCUT2D eigenvalue weighted by Gasteiger charge is -2.14. The van der Waals surface area contributed by atoms with Crippen LogP contribution in [0.4, 0.5) is 0 Å². The summed E-state index contributed by atoms with van der Waals surface area (Å²) in [5.41, 5.74) is 4.89. The van der Waals surface area contributed by atoms with Crippen LogP contribution < -0.4 is 18.9 Å². The summed E-state index contributed by atoms with van der Waals surface area (Å²) >= 11 is 0. The molecule has 0 radical (unpaired) electrons. The number of rotatable bonds is 15. The molecule has 0 aliphatic heterocycles. The molecule has 4 aromatic heterocycles. The van der Waals surface area contributed by atoms with E-state index in [-0.39, 0.29) is 93.3 Å². The third-order valence-corrected chi connectivity index (χ3v) is 22.1. The highest BCUT2D eigenvalue weighted by molar-refractivity contribution is 6.26. The van der Waals surface area contributed by atoms with Crippen molar-refractivity contribution in [3.63, 3.8) is 0 Å². The standard InChI is InChI=1S/C29H21N3O3.C26H17N3O3.2C25H19N3O3/c1-2-35-29-31-27(23-14-12-18(33)15-26(23)34)30-28(32-29)25-16-24-19-8-4-3-7-17(19)11-13-22(24)20-9-5-6-10-21(20)25;1-32-26-28-24(27-25(29-26)20-12-9-17(30)13-21(20)31)19-11-8-16-6-5-14-3-2-4-15-7-10-18(19)23(16)22(14)15;1-2-31-25-27-23(20-12-11-17(29)14-21(20)30)26-24(28-25)22-18-9-5-3-7-15(18)13-16-8-4-6-10-19(16)22;1-2-31-25-27-23(26-24(28-25)21-10-9-20(29)14-22(21)30)18-8-7-17-11-15-5-3-4-6-16(15)12-19(17)13-18/h3-16,33-34H,2H2,1H3;2-13,30-31H,1H3;2*3-14,29-30H,2H2,1H3. The molecular weight excluding hydrogens is 1620 g/mol. The summed E-state index contributed by atoms with van der Waals surface area (Å²) in [5, 5.41) is 102. The zero-order valence-corrected chi connectivity index (χ0v) is 69.6. The summed E-state index contributed by atoms with van der Waals surface area (Å²) < 4.78 is 22.2. The van der Waals surface area contributed by atoms with Crippen molar-refractivity contribution in [2.24, 2.45) is 0 Å². The number of fused-ring (bicyclic) bond motifs is 9. The fourth-order valence-corrected chi connectivity index (χ4v) is 16.2. The van der Waals surface area contributed by atoms with Gasteiger partial charge in [0.25, 0.3) is 0 Å². The summed E-state index contributed by atoms with van der Waals surface area (Å²) in [6.07, 6.45) is 0. The largest absolute Gasteiger partial charge is 0.508 e. The van der Waals surface area contributed by atoms with Gasteiger partial charge in [0.15, 0.2) is 46.6 Å². The molecule has 0 aliphatic carbocycles. The normalized spacial score (nSPS) is 11.3. The first-order valence-electron chi connectivity index (χ1n) is 41.4. The van der Waals surface area contributed by atoms with Gasteiger partial charge in [-0.2, -0.15) is 39.9 Å². The van der Waals surface area contributed by atoms with E-state index in [1.165, 1.54) is 77.2 Å². The van der Waals surface area contributed by atoms with Crippen molar-refractivity contribution < 1.29 is 59.8 Å². The first-order chi connectivity index (χ1) is 63.0. The minimum atomic E-state index is -0.126. The predicted octanol–water partition coefficient (Wildman–Crippen LogP) is 22.6. The number of aromatic hydroxyl groups is 8. The molecule has 0 unspecified atom stereocenters. The first kappa shape index (κ1) is 81.1. The Balaban J connectivity index is 0.000000112. The van der Waals surface area contributed by atoms with Gasteiger partial charge in [0.05, 0.1) is 49.2 Å². The highest BCUT2D eigenvalue weighted by atomic mass is 16.5. The highest BCUT2D eigenvalue weighted by Gasteiger charge is 2.25. The Hall–Kier alpha value is -17.5. The Morgan fingerprint density at radius 3 is 1.05 bits per heavy atom. The smallest absolute Gasteiger partial charge is 0.320 e. The number of ether oxygens (including phenoxy) is 4. The van der Waals surface area contributed by atoms with Crippen LogP contribution in [0, 0.1) is 0 Å². The van der Waals surface area contributed by atoms with Gasteiger partial charge in [-0.15, -0.1) is 0 Å². The Labute approximate surface area is 735 Å². The second kappa shape index (κ2) is 34.6. The van der Waals surface area contributed by atoms with E-state index >= 15 is 0 Å². The molecule has 22 aromatic rings. The number of benzene rings is 18. The van der Waals surface area contributed by atoms with Crippen LogP contribution in [0.3, 0.4) is 0 Å². The summed E-state index contributed by atoms with van der Waals surface area (Å²) in [7, 11) is 1.49. The van der Waals surface area contributed by atoms with Gasteiger partial charge >= 0.3 is 24.0 Å². The van der Waals surface area contributed by atoms with Crippen LogP contribution in [0.15, 0.2) is 303 Å². The molecule has 0 fully saturated rings. The Morgan fingerprint density at radius 1 is 0.209 bits per heavy atom. The summed E-state index contributed by atoms with van der Waals surface area (Å²) in [6, 6.07) is 96.5. The van der Waals surface area contributed by atoms with E-state index in [9.17, 15) is 40.9 Å². The second-order valence-electron chi connectivity index (χ2n) is 30.1. The molecule has 129 heavy (non-hydrogen) atoms. The van der Waals surface area contributed by atoms with E-state index in [1.807, 2.05) is 118 Å². The minimum absolute atomic E-state index is 0.0395. The van der Waals surface area contributed by atoms with Crippen LogP contribution in [-0.2, 0) is 0 Å². The Bertz CT molecular complexity index is 8080. The summed E-state index contributed by atoms with van der Waals surface area (Å²) in [6.45, 7) is 6.73. The maximum atomic E-state index is 10.5. The van der Waals surface area contributed by atoms with Gasteiger partial charge in [-0.05, 0) is 213 Å². The number of phenolic OH excluding ortho intramolecular Hbond substituents is 8. The Kier molecular flexibility index (Phi) is 21.8. The van der Waals surface area contributed by atoms with E-state index in [2.05, 4.69) is 183 Å². The monoisotopic (exact) mass is 1700 g/mol. The van der Waals surface area contributed by atoms with E-state index in [4.69, 9.17) is 28.9 Å². The van der Waals surface area contributed by atoms with E-state index in [0.717, 1.165) is 108 Å². The van der Waals surface area contributed by atoms with Gasteiger partial charge in [-0.1, -0.05) is 194 Å².